The molecule has 0 spiro atoms. The molecule has 0 fully saturated rings. The lowest BCUT2D eigenvalue weighted by molar-refractivity contribution is 0.327. The Balaban J connectivity index is 4.40. The fraction of sp³-hybridized carbons (Fsp3) is 1.00. The van der Waals surface area contributed by atoms with Gasteiger partial charge in [-0.2, -0.15) is 8.42 Å². The molecule has 0 heterocycles. The maximum Gasteiger partial charge on any atom is 0.529 e. The maximum atomic E-state index is 11.2. The van der Waals surface area contributed by atoms with Crippen LogP contribution in [0.3, 0.4) is 0 Å². The van der Waals surface area contributed by atoms with Crippen LogP contribution in [-0.4, -0.2) is 26.6 Å². The lowest BCUT2D eigenvalue weighted by Gasteiger charge is -2.01. The molecule has 78 valence electrons. The smallest absolute Gasteiger partial charge is 0.267 e. The molecule has 0 bridgehead atoms. The van der Waals surface area contributed by atoms with Gasteiger partial charge in [0.2, 0.25) is 0 Å². The molecule has 13 heavy (non-hydrogen) atoms. The third kappa shape index (κ3) is 4.13. The van der Waals surface area contributed by atoms with E-state index < -0.39 is 23.1 Å². The zero-order chi connectivity index (χ0) is 10.5. The second-order valence-electron chi connectivity index (χ2n) is 2.20. The number of hydrogen-bond acceptors (Lipinski definition) is 5. The van der Waals surface area contributed by atoms with Gasteiger partial charge in [-0.3, -0.25) is 4.18 Å². The molecule has 0 amide bonds. The van der Waals surface area contributed by atoms with Crippen LogP contribution in [0.1, 0.15) is 20.8 Å². The van der Waals surface area contributed by atoms with Gasteiger partial charge in [-0.05, 0) is 18.4 Å². The van der Waals surface area contributed by atoms with E-state index in [9.17, 15) is 13.0 Å². The third-order valence-electron chi connectivity index (χ3n) is 1.25. The molecule has 0 rings (SSSR count). The van der Waals surface area contributed by atoms with Crippen LogP contribution in [0.25, 0.3) is 0 Å². The fourth-order valence-electron chi connectivity index (χ4n) is 0.600. The first-order valence-electron chi connectivity index (χ1n) is 3.93. The summed E-state index contributed by atoms with van der Waals surface area (Å²) in [5, 5.41) is 0. The quantitative estimate of drug-likeness (QED) is 0.509. The second-order valence-corrected chi connectivity index (χ2v) is 6.08. The van der Waals surface area contributed by atoms with Gasteiger partial charge in [0.05, 0.1) is 13.2 Å². The summed E-state index contributed by atoms with van der Waals surface area (Å²) in [5.74, 6) is 0. The van der Waals surface area contributed by atoms with Gasteiger partial charge in [-0.1, -0.05) is 0 Å². The van der Waals surface area contributed by atoms with E-state index >= 15 is 0 Å². The van der Waals surface area contributed by atoms with Gasteiger partial charge in [0.15, 0.2) is 0 Å². The van der Waals surface area contributed by atoms with E-state index in [-0.39, 0.29) is 13.2 Å². The van der Waals surface area contributed by atoms with E-state index in [0.717, 1.165) is 0 Å². The highest BCUT2D eigenvalue weighted by Crippen LogP contribution is 2.33. The summed E-state index contributed by atoms with van der Waals surface area (Å²) >= 11 is 0. The third-order valence-corrected chi connectivity index (χ3v) is 5.05. The minimum Gasteiger partial charge on any atom is -0.267 e. The molecule has 5 nitrogen and oxygen atoms in total. The molecule has 0 aliphatic carbocycles. The van der Waals surface area contributed by atoms with Crippen molar-refractivity contribution < 1.29 is 21.7 Å². The first-order valence-corrected chi connectivity index (χ1v) is 6.65. The monoisotopic (exact) mass is 229 g/mol. The molecule has 7 heteroatoms. The molecule has 0 aromatic rings. The van der Waals surface area contributed by atoms with Gasteiger partial charge in [0, 0.05) is 6.92 Å². The lowest BCUT2D eigenvalue weighted by atomic mass is 10.9. The molecule has 0 aliphatic heterocycles. The van der Waals surface area contributed by atoms with Crippen molar-refractivity contribution in [1.82, 2.24) is 0 Å². The average Bonchev–Trinajstić information content (AvgIpc) is 2.03. The molecule has 0 saturated carbocycles. The van der Waals surface area contributed by atoms with Crippen molar-refractivity contribution in [3.05, 3.63) is 0 Å². The molecule has 0 saturated heterocycles. The van der Waals surface area contributed by atoms with Gasteiger partial charge in [0.25, 0.3) is 0 Å². The summed E-state index contributed by atoms with van der Waals surface area (Å²) in [6.45, 7) is 4.77. The zero-order valence-corrected chi connectivity index (χ0v) is 9.60. The van der Waals surface area contributed by atoms with Crippen LogP contribution in [0.5, 0.6) is 0 Å². The van der Waals surface area contributed by atoms with Gasteiger partial charge in [0.1, 0.15) is 0 Å². The van der Waals surface area contributed by atoms with E-state index in [4.69, 9.17) is 0 Å². The van der Waals surface area contributed by atoms with E-state index in [1.165, 1.54) is 6.92 Å². The van der Waals surface area contributed by atoms with Crippen molar-refractivity contribution in [2.75, 3.05) is 13.2 Å². The fourth-order valence-corrected chi connectivity index (χ4v) is 2.80. The molecular weight excluding hydrogens is 215 g/mol. The van der Waals surface area contributed by atoms with Crippen LogP contribution in [-0.2, 0) is 23.4 Å². The molecule has 2 unspecified atom stereocenters. The van der Waals surface area contributed by atoms with Crippen molar-refractivity contribution in [2.45, 2.75) is 25.8 Å². The first kappa shape index (κ1) is 13.0. The van der Waals surface area contributed by atoms with Crippen LogP contribution in [0.4, 0.5) is 0 Å². The zero-order valence-electron chi connectivity index (χ0n) is 7.89. The van der Waals surface area contributed by atoms with Gasteiger partial charge in [-0.25, -0.2) is 0 Å². The number of rotatable bonds is 6. The van der Waals surface area contributed by atoms with Crippen LogP contribution < -0.4 is 0 Å². The van der Waals surface area contributed by atoms with Gasteiger partial charge >= 0.3 is 23.1 Å². The normalized spacial score (nSPS) is 15.5. The Kier molecular flexibility index (Phi) is 5.64. The van der Waals surface area contributed by atoms with Crippen molar-refractivity contribution in [2.24, 2.45) is 0 Å². The summed E-state index contributed by atoms with van der Waals surface area (Å²) in [4.78, 5) is -1.11. The number of hydrogen-bond donors (Lipinski definition) is 0. The summed E-state index contributed by atoms with van der Waals surface area (Å²) in [6.07, 6.45) is 0. The predicted octanol–water partition coefficient (Wildman–Crippen LogP) is 1.48. The molecule has 0 aromatic heterocycles. The highest BCUT2D eigenvalue weighted by molar-refractivity contribution is 7.93. The summed E-state index contributed by atoms with van der Waals surface area (Å²) in [6, 6.07) is 0. The minimum absolute atomic E-state index is 0.0436. The maximum absolute atomic E-state index is 11.2. The Bertz CT molecular complexity index is 260. The van der Waals surface area contributed by atoms with E-state index in [1.807, 2.05) is 0 Å². The van der Waals surface area contributed by atoms with Crippen molar-refractivity contribution >= 4 is 18.1 Å². The largest absolute Gasteiger partial charge is 0.529 e. The Morgan fingerprint density at radius 2 is 1.85 bits per heavy atom. The highest BCUT2D eigenvalue weighted by Gasteiger charge is 2.40. The molecule has 0 N–H and O–H groups in total. The molecule has 0 aromatic carbocycles. The van der Waals surface area contributed by atoms with Crippen molar-refractivity contribution in [3.8, 4) is 0 Å². The van der Waals surface area contributed by atoms with E-state index in [1.54, 1.807) is 13.8 Å². The van der Waals surface area contributed by atoms with Crippen molar-refractivity contribution in [3.63, 3.8) is 0 Å². The summed E-state index contributed by atoms with van der Waals surface area (Å²) in [5.41, 5.74) is 0. The predicted molar refractivity (Wildman–Crippen MR) is 49.2 cm³/mol. The summed E-state index contributed by atoms with van der Waals surface area (Å²) in [7, 11) is -5.94. The lowest BCUT2D eigenvalue weighted by Crippen LogP contribution is -2.17. The van der Waals surface area contributed by atoms with Crippen LogP contribution in [0, 0.1) is 0 Å². The Morgan fingerprint density at radius 3 is 2.23 bits per heavy atom. The molecule has 0 radical (unpaired) electrons. The average molecular weight is 229 g/mol. The Hall–Kier alpha value is -0.0300. The minimum atomic E-state index is -3.74. The van der Waals surface area contributed by atoms with Crippen LogP contribution in [0.2, 0.25) is 0 Å². The molecule has 2 atom stereocenters. The second kappa shape index (κ2) is 5.65. The Labute approximate surface area is 79.4 Å². The van der Waals surface area contributed by atoms with Crippen LogP contribution >= 0.6 is 8.03 Å². The molecular formula is C6H14O5PS+. The van der Waals surface area contributed by atoms with Gasteiger partial charge in [-0.15, -0.1) is 4.52 Å². The Morgan fingerprint density at radius 1 is 1.31 bits per heavy atom. The van der Waals surface area contributed by atoms with E-state index in [0.29, 0.717) is 0 Å². The van der Waals surface area contributed by atoms with E-state index in [2.05, 4.69) is 8.71 Å². The topological polar surface area (TPSA) is 69.7 Å². The summed E-state index contributed by atoms with van der Waals surface area (Å²) < 4.78 is 42.6. The highest BCUT2D eigenvalue weighted by atomic mass is 32.2. The SMILES string of the molecule is CCO[P+](=O)C(C)S(=O)(=O)OCC. The van der Waals surface area contributed by atoms with Crippen LogP contribution in [0.15, 0.2) is 0 Å². The molecule has 0 aliphatic rings. The van der Waals surface area contributed by atoms with Crippen molar-refractivity contribution in [1.29, 1.82) is 0 Å². The van der Waals surface area contributed by atoms with Gasteiger partial charge < -0.3 is 0 Å². The first-order chi connectivity index (χ1) is 5.95. The standard InChI is InChI=1S/C6H14O5PS/c1-4-10-12(7)6(3)13(8,9)11-5-2/h6H,4-5H2,1-3H3/q+1.